The molecular formula is C19H17NO3. The number of rotatable bonds is 5. The van der Waals surface area contributed by atoms with Crippen LogP contribution in [0.3, 0.4) is 0 Å². The van der Waals surface area contributed by atoms with E-state index in [1.165, 1.54) is 4.57 Å². The molecule has 0 aliphatic heterocycles. The van der Waals surface area contributed by atoms with E-state index in [0.29, 0.717) is 18.4 Å². The second kappa shape index (κ2) is 6.92. The van der Waals surface area contributed by atoms with E-state index in [0.717, 1.165) is 10.9 Å². The fourth-order valence-corrected chi connectivity index (χ4v) is 2.47. The third-order valence-corrected chi connectivity index (χ3v) is 3.68. The molecule has 0 atom stereocenters. The van der Waals surface area contributed by atoms with E-state index in [1.54, 1.807) is 12.3 Å². The van der Waals surface area contributed by atoms with Crippen molar-refractivity contribution >= 4 is 16.7 Å². The molecule has 23 heavy (non-hydrogen) atoms. The Hall–Kier alpha value is -2.88. The number of benzene rings is 2. The van der Waals surface area contributed by atoms with Crippen LogP contribution in [0.15, 0.2) is 71.7 Å². The maximum Gasteiger partial charge on any atom is 0.326 e. The summed E-state index contributed by atoms with van der Waals surface area (Å²) in [6, 6.07) is 19.0. The molecule has 0 N–H and O–H groups in total. The largest absolute Gasteiger partial charge is 0.464 e. The monoisotopic (exact) mass is 307 g/mol. The van der Waals surface area contributed by atoms with E-state index in [-0.39, 0.29) is 12.1 Å². The summed E-state index contributed by atoms with van der Waals surface area (Å²) in [6.45, 7) is 0.240. The molecule has 0 amide bonds. The van der Waals surface area contributed by atoms with Gasteiger partial charge in [-0.15, -0.1) is 0 Å². The summed E-state index contributed by atoms with van der Waals surface area (Å²) in [5.41, 5.74) is 0.936. The summed E-state index contributed by atoms with van der Waals surface area (Å²) in [6.07, 6.45) is 2.29. The highest BCUT2D eigenvalue weighted by Crippen LogP contribution is 2.08. The molecule has 0 aliphatic carbocycles. The number of hydrogen-bond donors (Lipinski definition) is 0. The molecule has 0 saturated carbocycles. The van der Waals surface area contributed by atoms with Crippen molar-refractivity contribution in [2.45, 2.75) is 13.0 Å². The number of carbonyl (C=O) groups is 1. The van der Waals surface area contributed by atoms with E-state index >= 15 is 0 Å². The Kier molecular flexibility index (Phi) is 4.52. The zero-order valence-electron chi connectivity index (χ0n) is 12.6. The third kappa shape index (κ3) is 3.66. The minimum atomic E-state index is -0.404. The fourth-order valence-electron chi connectivity index (χ4n) is 2.47. The molecule has 0 spiro atoms. The van der Waals surface area contributed by atoms with Crippen LogP contribution >= 0.6 is 0 Å². The quantitative estimate of drug-likeness (QED) is 0.681. The van der Waals surface area contributed by atoms with E-state index in [9.17, 15) is 9.59 Å². The fraction of sp³-hybridized carbons (Fsp3) is 0.158. The first kappa shape index (κ1) is 15.0. The van der Waals surface area contributed by atoms with Crippen LogP contribution in [0.1, 0.15) is 5.56 Å². The van der Waals surface area contributed by atoms with Gasteiger partial charge in [0.1, 0.15) is 6.54 Å². The van der Waals surface area contributed by atoms with Crippen LogP contribution in [0.2, 0.25) is 0 Å². The average Bonchev–Trinajstić information content (AvgIpc) is 2.59. The topological polar surface area (TPSA) is 48.3 Å². The van der Waals surface area contributed by atoms with Crippen LogP contribution in [0.5, 0.6) is 0 Å². The molecule has 4 heteroatoms. The van der Waals surface area contributed by atoms with Crippen molar-refractivity contribution < 1.29 is 9.53 Å². The summed E-state index contributed by atoms with van der Waals surface area (Å²) in [7, 11) is 0. The Bertz CT molecular complexity index is 868. The van der Waals surface area contributed by atoms with Gasteiger partial charge in [-0.1, -0.05) is 48.5 Å². The molecule has 0 unspecified atom stereocenters. The van der Waals surface area contributed by atoms with Crippen molar-refractivity contribution in [3.05, 3.63) is 82.8 Å². The van der Waals surface area contributed by atoms with Crippen molar-refractivity contribution in [1.82, 2.24) is 4.57 Å². The molecule has 3 aromatic rings. The maximum absolute atomic E-state index is 12.3. The Labute approximate surface area is 133 Å². The maximum atomic E-state index is 12.3. The van der Waals surface area contributed by atoms with Gasteiger partial charge in [-0.3, -0.25) is 9.59 Å². The van der Waals surface area contributed by atoms with Crippen molar-refractivity contribution in [3.8, 4) is 0 Å². The van der Waals surface area contributed by atoms with Crippen LogP contribution in [0.25, 0.3) is 10.8 Å². The molecule has 1 aromatic heterocycles. The van der Waals surface area contributed by atoms with Crippen molar-refractivity contribution in [2.75, 3.05) is 6.61 Å². The molecule has 1 heterocycles. The summed E-state index contributed by atoms with van der Waals surface area (Å²) in [5, 5.41) is 1.47. The molecule has 2 aromatic carbocycles. The minimum absolute atomic E-state index is 0.0710. The first-order valence-corrected chi connectivity index (χ1v) is 7.52. The Balaban J connectivity index is 1.62. The highest BCUT2D eigenvalue weighted by Gasteiger charge is 2.08. The second-order valence-electron chi connectivity index (χ2n) is 5.29. The van der Waals surface area contributed by atoms with E-state index in [4.69, 9.17) is 4.74 Å². The Morgan fingerprint density at radius 2 is 1.70 bits per heavy atom. The first-order chi connectivity index (χ1) is 11.2. The summed E-state index contributed by atoms with van der Waals surface area (Å²) < 4.78 is 6.60. The number of esters is 1. The van der Waals surface area contributed by atoms with E-state index in [1.807, 2.05) is 54.6 Å². The Morgan fingerprint density at radius 1 is 0.957 bits per heavy atom. The van der Waals surface area contributed by atoms with Crippen LogP contribution < -0.4 is 5.56 Å². The van der Waals surface area contributed by atoms with Gasteiger partial charge >= 0.3 is 5.97 Å². The number of hydrogen-bond acceptors (Lipinski definition) is 3. The molecule has 0 bridgehead atoms. The molecule has 116 valence electrons. The van der Waals surface area contributed by atoms with Crippen LogP contribution in [-0.2, 0) is 22.5 Å². The molecule has 3 rings (SSSR count). The number of ether oxygens (including phenoxy) is 1. The van der Waals surface area contributed by atoms with Gasteiger partial charge in [-0.2, -0.15) is 0 Å². The summed E-state index contributed by atoms with van der Waals surface area (Å²) >= 11 is 0. The van der Waals surface area contributed by atoms with E-state index in [2.05, 4.69) is 0 Å². The minimum Gasteiger partial charge on any atom is -0.464 e. The van der Waals surface area contributed by atoms with Gasteiger partial charge in [0.25, 0.3) is 5.56 Å². The lowest BCUT2D eigenvalue weighted by molar-refractivity contribution is -0.144. The van der Waals surface area contributed by atoms with Gasteiger partial charge in [0.05, 0.1) is 6.61 Å². The normalized spacial score (nSPS) is 10.6. The van der Waals surface area contributed by atoms with Crippen LogP contribution in [-0.4, -0.2) is 17.1 Å². The van der Waals surface area contributed by atoms with Gasteiger partial charge in [0.2, 0.25) is 0 Å². The smallest absolute Gasteiger partial charge is 0.326 e. The lowest BCUT2D eigenvalue weighted by atomic mass is 10.2. The lowest BCUT2D eigenvalue weighted by Gasteiger charge is -2.08. The molecular weight excluding hydrogens is 290 g/mol. The van der Waals surface area contributed by atoms with Crippen molar-refractivity contribution in [2.24, 2.45) is 0 Å². The molecule has 0 radical (unpaired) electrons. The van der Waals surface area contributed by atoms with Crippen LogP contribution in [0.4, 0.5) is 0 Å². The summed E-state index contributed by atoms with van der Waals surface area (Å²) in [5.74, 6) is -0.404. The van der Waals surface area contributed by atoms with Gasteiger partial charge < -0.3 is 9.30 Å². The predicted molar refractivity (Wildman–Crippen MR) is 89.3 cm³/mol. The standard InChI is InChI=1S/C19H17NO3/c21-18(23-13-11-15-6-2-1-3-7-15)14-20-12-10-16-8-4-5-9-17(16)19(20)22/h1-10,12H,11,13-14H2. The van der Waals surface area contributed by atoms with E-state index < -0.39 is 5.97 Å². The van der Waals surface area contributed by atoms with Crippen molar-refractivity contribution in [3.63, 3.8) is 0 Å². The number of aromatic nitrogens is 1. The number of carbonyl (C=O) groups excluding carboxylic acids is 1. The van der Waals surface area contributed by atoms with Gasteiger partial charge in [0, 0.05) is 18.0 Å². The zero-order valence-corrected chi connectivity index (χ0v) is 12.6. The zero-order chi connectivity index (χ0) is 16.1. The first-order valence-electron chi connectivity index (χ1n) is 7.52. The highest BCUT2D eigenvalue weighted by molar-refractivity contribution is 5.81. The Morgan fingerprint density at radius 3 is 2.52 bits per heavy atom. The molecule has 0 saturated heterocycles. The SMILES string of the molecule is O=C(Cn1ccc2ccccc2c1=O)OCCc1ccccc1. The molecule has 4 nitrogen and oxygen atoms in total. The van der Waals surface area contributed by atoms with Gasteiger partial charge in [0.15, 0.2) is 0 Å². The molecule has 0 aliphatic rings. The van der Waals surface area contributed by atoms with Gasteiger partial charge in [-0.25, -0.2) is 0 Å². The summed E-state index contributed by atoms with van der Waals surface area (Å²) in [4.78, 5) is 24.2. The average molecular weight is 307 g/mol. The number of nitrogens with zero attached hydrogens (tertiary/aromatic N) is 1. The van der Waals surface area contributed by atoms with Gasteiger partial charge in [-0.05, 0) is 23.1 Å². The number of pyridine rings is 1. The predicted octanol–water partition coefficient (Wildman–Crippen LogP) is 2.79. The van der Waals surface area contributed by atoms with Crippen molar-refractivity contribution in [1.29, 1.82) is 0 Å². The number of fused-ring (bicyclic) bond motifs is 1. The highest BCUT2D eigenvalue weighted by atomic mass is 16.5. The molecule has 0 fully saturated rings. The third-order valence-electron chi connectivity index (χ3n) is 3.68. The van der Waals surface area contributed by atoms with Crippen LogP contribution in [0, 0.1) is 0 Å². The lowest BCUT2D eigenvalue weighted by Crippen LogP contribution is -2.25. The second-order valence-corrected chi connectivity index (χ2v) is 5.29.